The SMILES string of the molecule is COc1ccc(N2CCN(CC(=O)N(CC(C)C)[C@@H]3CCS(=O)(=O)C3)CC2)cc1. The van der Waals surface area contributed by atoms with Gasteiger partial charge < -0.3 is 14.5 Å². The number of hydrogen-bond acceptors (Lipinski definition) is 6. The normalized spacial score (nSPS) is 22.1. The van der Waals surface area contributed by atoms with Gasteiger partial charge in [-0.2, -0.15) is 0 Å². The average molecular weight is 424 g/mol. The molecule has 0 N–H and O–H groups in total. The van der Waals surface area contributed by atoms with Crippen molar-refractivity contribution >= 4 is 21.4 Å². The van der Waals surface area contributed by atoms with Crippen LogP contribution in [0.4, 0.5) is 5.69 Å². The number of rotatable bonds is 7. The minimum Gasteiger partial charge on any atom is -0.497 e. The van der Waals surface area contributed by atoms with Crippen molar-refractivity contribution in [1.29, 1.82) is 0 Å². The van der Waals surface area contributed by atoms with Gasteiger partial charge in [0.1, 0.15) is 5.75 Å². The Morgan fingerprint density at radius 1 is 1.17 bits per heavy atom. The molecule has 2 aliphatic heterocycles. The summed E-state index contributed by atoms with van der Waals surface area (Å²) in [6, 6.07) is 7.88. The molecule has 0 bridgehead atoms. The van der Waals surface area contributed by atoms with E-state index in [4.69, 9.17) is 4.74 Å². The Hall–Kier alpha value is -1.80. The molecule has 0 unspecified atom stereocenters. The van der Waals surface area contributed by atoms with Crippen LogP contribution in [0.1, 0.15) is 20.3 Å². The minimum atomic E-state index is -3.01. The lowest BCUT2D eigenvalue weighted by Crippen LogP contribution is -2.52. The molecule has 2 fully saturated rings. The summed E-state index contributed by atoms with van der Waals surface area (Å²) in [7, 11) is -1.35. The van der Waals surface area contributed by atoms with Crippen LogP contribution in [-0.4, -0.2) is 88.1 Å². The van der Waals surface area contributed by atoms with Gasteiger partial charge in [0.15, 0.2) is 9.84 Å². The molecule has 0 radical (unpaired) electrons. The second-order valence-corrected chi connectivity index (χ2v) is 10.7. The highest BCUT2D eigenvalue weighted by atomic mass is 32.2. The molecule has 1 amide bonds. The molecule has 0 aliphatic carbocycles. The Morgan fingerprint density at radius 3 is 2.34 bits per heavy atom. The lowest BCUT2D eigenvalue weighted by Gasteiger charge is -2.37. The molecule has 7 nitrogen and oxygen atoms in total. The van der Waals surface area contributed by atoms with Crippen molar-refractivity contribution in [2.24, 2.45) is 5.92 Å². The van der Waals surface area contributed by atoms with Crippen molar-refractivity contribution in [3.63, 3.8) is 0 Å². The standard InChI is InChI=1S/C21H33N3O4S/c1-17(2)14-24(19-8-13-29(26,27)16-19)21(25)15-22-9-11-23(12-10-22)18-4-6-20(28-3)7-5-18/h4-7,17,19H,8-16H2,1-3H3/t19-/m1/s1. The zero-order valence-electron chi connectivity index (χ0n) is 17.7. The third-order valence-corrected chi connectivity index (χ3v) is 7.45. The van der Waals surface area contributed by atoms with Crippen LogP contribution in [0.5, 0.6) is 5.75 Å². The monoisotopic (exact) mass is 423 g/mol. The second kappa shape index (κ2) is 9.34. The van der Waals surface area contributed by atoms with Crippen molar-refractivity contribution in [2.75, 3.05) is 62.8 Å². The molecule has 0 saturated carbocycles. The summed E-state index contributed by atoms with van der Waals surface area (Å²) in [4.78, 5) is 19.3. The van der Waals surface area contributed by atoms with Crippen LogP contribution >= 0.6 is 0 Å². The maximum atomic E-state index is 13.0. The van der Waals surface area contributed by atoms with Gasteiger partial charge in [-0.15, -0.1) is 0 Å². The Kier molecular flexibility index (Phi) is 7.05. The molecule has 1 aromatic rings. The zero-order valence-corrected chi connectivity index (χ0v) is 18.5. The average Bonchev–Trinajstić information content (AvgIpc) is 3.06. The smallest absolute Gasteiger partial charge is 0.237 e. The molecule has 8 heteroatoms. The van der Waals surface area contributed by atoms with Gasteiger partial charge in [-0.05, 0) is 36.6 Å². The number of hydrogen-bond donors (Lipinski definition) is 0. The van der Waals surface area contributed by atoms with Crippen molar-refractivity contribution in [3.05, 3.63) is 24.3 Å². The number of methoxy groups -OCH3 is 1. The summed E-state index contributed by atoms with van der Waals surface area (Å²) >= 11 is 0. The van der Waals surface area contributed by atoms with Crippen LogP contribution in [0.25, 0.3) is 0 Å². The Labute approximate surface area is 174 Å². The topological polar surface area (TPSA) is 70.2 Å². The number of carbonyl (C=O) groups excluding carboxylic acids is 1. The van der Waals surface area contributed by atoms with Crippen LogP contribution in [0.2, 0.25) is 0 Å². The van der Waals surface area contributed by atoms with E-state index in [1.807, 2.05) is 17.0 Å². The number of nitrogens with zero attached hydrogens (tertiary/aromatic N) is 3. The fraction of sp³-hybridized carbons (Fsp3) is 0.667. The quantitative estimate of drug-likeness (QED) is 0.662. The van der Waals surface area contributed by atoms with E-state index >= 15 is 0 Å². The van der Waals surface area contributed by atoms with E-state index in [1.54, 1.807) is 7.11 Å². The molecule has 162 valence electrons. The number of carbonyl (C=O) groups is 1. The minimum absolute atomic E-state index is 0.0543. The summed E-state index contributed by atoms with van der Waals surface area (Å²) in [5.74, 6) is 1.52. The third-order valence-electron chi connectivity index (χ3n) is 5.70. The summed E-state index contributed by atoms with van der Waals surface area (Å²) in [5, 5.41) is 0. The first kappa shape index (κ1) is 21.9. The number of amides is 1. The van der Waals surface area contributed by atoms with Gasteiger partial charge in [-0.3, -0.25) is 9.69 Å². The molecule has 2 heterocycles. The van der Waals surface area contributed by atoms with Crippen LogP contribution in [0.3, 0.4) is 0 Å². The third kappa shape index (κ3) is 5.85. The van der Waals surface area contributed by atoms with Crippen molar-refractivity contribution < 1.29 is 17.9 Å². The summed E-state index contributed by atoms with van der Waals surface area (Å²) in [6.07, 6.45) is 0.562. The fourth-order valence-corrected chi connectivity index (χ4v) is 5.84. The van der Waals surface area contributed by atoms with Crippen LogP contribution in [0.15, 0.2) is 24.3 Å². The van der Waals surface area contributed by atoms with Gasteiger partial charge in [0.2, 0.25) is 5.91 Å². The molecule has 0 spiro atoms. The largest absolute Gasteiger partial charge is 0.497 e. The van der Waals surface area contributed by atoms with Crippen molar-refractivity contribution in [3.8, 4) is 5.75 Å². The highest BCUT2D eigenvalue weighted by Gasteiger charge is 2.35. The van der Waals surface area contributed by atoms with Gasteiger partial charge in [0.05, 0.1) is 25.2 Å². The molecule has 3 rings (SSSR count). The zero-order chi connectivity index (χ0) is 21.0. The van der Waals surface area contributed by atoms with Gasteiger partial charge in [0, 0.05) is 44.5 Å². The lowest BCUT2D eigenvalue weighted by molar-refractivity contribution is -0.135. The molecule has 2 aliphatic rings. The van der Waals surface area contributed by atoms with E-state index in [9.17, 15) is 13.2 Å². The Balaban J connectivity index is 1.55. The number of ether oxygens (including phenoxy) is 1. The first-order valence-corrected chi connectivity index (χ1v) is 12.2. The van der Waals surface area contributed by atoms with Gasteiger partial charge >= 0.3 is 0 Å². The van der Waals surface area contributed by atoms with Crippen molar-refractivity contribution in [2.45, 2.75) is 26.3 Å². The first-order valence-electron chi connectivity index (χ1n) is 10.4. The maximum Gasteiger partial charge on any atom is 0.237 e. The Bertz CT molecular complexity index is 787. The predicted molar refractivity (Wildman–Crippen MR) is 115 cm³/mol. The van der Waals surface area contributed by atoms with Crippen LogP contribution in [-0.2, 0) is 14.6 Å². The van der Waals surface area contributed by atoms with E-state index < -0.39 is 9.84 Å². The number of sulfone groups is 1. The predicted octanol–water partition coefficient (Wildman–Crippen LogP) is 1.49. The molecule has 1 atom stereocenters. The van der Waals surface area contributed by atoms with Crippen molar-refractivity contribution in [1.82, 2.24) is 9.80 Å². The Morgan fingerprint density at radius 2 is 1.83 bits per heavy atom. The van der Waals surface area contributed by atoms with E-state index in [0.29, 0.717) is 25.4 Å². The summed E-state index contributed by atoms with van der Waals surface area (Å²) < 4.78 is 29.0. The van der Waals surface area contributed by atoms with E-state index in [-0.39, 0.29) is 23.5 Å². The molecule has 29 heavy (non-hydrogen) atoms. The number of piperazine rings is 1. The van der Waals surface area contributed by atoms with Crippen LogP contribution < -0.4 is 9.64 Å². The number of anilines is 1. The molecule has 2 saturated heterocycles. The molecular formula is C21H33N3O4S. The lowest BCUT2D eigenvalue weighted by atomic mass is 10.1. The highest BCUT2D eigenvalue weighted by molar-refractivity contribution is 7.91. The van der Waals surface area contributed by atoms with Gasteiger partial charge in [0.25, 0.3) is 0 Å². The fourth-order valence-electron chi connectivity index (χ4n) is 4.11. The van der Waals surface area contributed by atoms with E-state index in [0.717, 1.165) is 37.6 Å². The summed E-state index contributed by atoms with van der Waals surface area (Å²) in [5.41, 5.74) is 1.16. The van der Waals surface area contributed by atoms with E-state index in [2.05, 4.69) is 35.8 Å². The van der Waals surface area contributed by atoms with Gasteiger partial charge in [-0.25, -0.2) is 8.42 Å². The first-order chi connectivity index (χ1) is 13.8. The van der Waals surface area contributed by atoms with Gasteiger partial charge in [-0.1, -0.05) is 13.8 Å². The molecule has 1 aromatic carbocycles. The van der Waals surface area contributed by atoms with Crippen LogP contribution in [0, 0.1) is 5.92 Å². The van der Waals surface area contributed by atoms with E-state index in [1.165, 1.54) is 0 Å². The second-order valence-electron chi connectivity index (χ2n) is 8.46. The summed E-state index contributed by atoms with van der Waals surface area (Å²) in [6.45, 7) is 8.47. The molecular weight excluding hydrogens is 390 g/mol. The number of benzene rings is 1. The maximum absolute atomic E-state index is 13.0. The molecule has 0 aromatic heterocycles. The highest BCUT2D eigenvalue weighted by Crippen LogP contribution is 2.22.